The summed E-state index contributed by atoms with van der Waals surface area (Å²) in [5.41, 5.74) is 5.38. The Morgan fingerprint density at radius 3 is 2.77 bits per heavy atom. The Labute approximate surface area is 128 Å². The van der Waals surface area contributed by atoms with Crippen molar-refractivity contribution in [3.05, 3.63) is 58.5 Å². The number of aryl methyl sites for hydroxylation is 1. The van der Waals surface area contributed by atoms with Gasteiger partial charge in [0.25, 0.3) is 0 Å². The highest BCUT2D eigenvalue weighted by Gasteiger charge is 2.10. The number of hydrogen-bond acceptors (Lipinski definition) is 5. The Morgan fingerprint density at radius 1 is 1.41 bits per heavy atom. The summed E-state index contributed by atoms with van der Waals surface area (Å²) >= 11 is 0. The summed E-state index contributed by atoms with van der Waals surface area (Å²) in [6.07, 6.45) is 1.53. The smallest absolute Gasteiger partial charge is 0.164 e. The highest BCUT2D eigenvalue weighted by molar-refractivity contribution is 5.80. The maximum Gasteiger partial charge on any atom is 0.164 e. The van der Waals surface area contributed by atoms with Gasteiger partial charge < -0.3 is 4.74 Å². The molecule has 1 heterocycles. The molecule has 0 amide bonds. The second kappa shape index (κ2) is 7.29. The molecule has 0 bridgehead atoms. The number of anilines is 1. The molecule has 0 fully saturated rings. The molecule has 0 unspecified atom stereocenters. The van der Waals surface area contributed by atoms with Gasteiger partial charge in [-0.1, -0.05) is 12.1 Å². The number of rotatable bonds is 5. The number of hydrogen-bond donors (Lipinski definition) is 1. The van der Waals surface area contributed by atoms with Crippen LogP contribution in [0.15, 0.2) is 35.4 Å². The van der Waals surface area contributed by atoms with Crippen molar-refractivity contribution in [2.24, 2.45) is 5.10 Å². The summed E-state index contributed by atoms with van der Waals surface area (Å²) in [4.78, 5) is 4.27. The number of pyridine rings is 1. The average Bonchev–Trinajstić information content (AvgIpc) is 2.49. The summed E-state index contributed by atoms with van der Waals surface area (Å²) in [6.45, 7) is 2.15. The van der Waals surface area contributed by atoms with Crippen molar-refractivity contribution in [3.8, 4) is 6.07 Å². The molecule has 0 aliphatic rings. The van der Waals surface area contributed by atoms with Crippen LogP contribution in [0.2, 0.25) is 0 Å². The Kier molecular flexibility index (Phi) is 5.17. The number of hydrazone groups is 1. The molecule has 5 nitrogen and oxygen atoms in total. The molecule has 0 saturated carbocycles. The standard InChI is InChI=1S/C16H15FN4O/c1-11-7-13(10-22-2)15(8-18)16(20-11)21-19-9-12-3-5-14(17)6-4-12/h3-7,9H,10H2,1-2H3,(H,20,21)/b19-9-. The number of ether oxygens (including phenoxy) is 1. The molecular weight excluding hydrogens is 283 g/mol. The number of halogens is 1. The molecule has 0 saturated heterocycles. The molecule has 0 atom stereocenters. The van der Waals surface area contributed by atoms with E-state index >= 15 is 0 Å². The van der Waals surface area contributed by atoms with Crippen LogP contribution >= 0.6 is 0 Å². The van der Waals surface area contributed by atoms with Crippen LogP contribution in [0.5, 0.6) is 0 Å². The number of aromatic nitrogens is 1. The average molecular weight is 298 g/mol. The first-order chi connectivity index (χ1) is 10.6. The second-order valence-electron chi connectivity index (χ2n) is 4.61. The van der Waals surface area contributed by atoms with Gasteiger partial charge in [0.2, 0.25) is 0 Å². The second-order valence-corrected chi connectivity index (χ2v) is 4.61. The molecule has 0 radical (unpaired) electrons. The molecule has 6 heteroatoms. The lowest BCUT2D eigenvalue weighted by Crippen LogP contribution is -2.03. The summed E-state index contributed by atoms with van der Waals surface area (Å²) in [6, 6.07) is 9.81. The van der Waals surface area contributed by atoms with Crippen molar-refractivity contribution >= 4 is 12.0 Å². The van der Waals surface area contributed by atoms with E-state index in [4.69, 9.17) is 4.74 Å². The normalized spacial score (nSPS) is 10.6. The van der Waals surface area contributed by atoms with Crippen molar-refractivity contribution in [1.29, 1.82) is 5.26 Å². The van der Waals surface area contributed by atoms with Gasteiger partial charge in [-0.15, -0.1) is 0 Å². The molecular formula is C16H15FN4O. The van der Waals surface area contributed by atoms with Gasteiger partial charge in [0.15, 0.2) is 5.82 Å². The van der Waals surface area contributed by atoms with Crippen LogP contribution in [0, 0.1) is 24.1 Å². The van der Waals surface area contributed by atoms with Crippen LogP contribution in [0.4, 0.5) is 10.2 Å². The van der Waals surface area contributed by atoms with E-state index in [2.05, 4.69) is 21.6 Å². The van der Waals surface area contributed by atoms with Crippen molar-refractivity contribution < 1.29 is 9.13 Å². The third-order valence-corrected chi connectivity index (χ3v) is 2.89. The molecule has 2 rings (SSSR count). The van der Waals surface area contributed by atoms with Gasteiger partial charge in [0.1, 0.15) is 17.4 Å². The Bertz CT molecular complexity index is 720. The third-order valence-electron chi connectivity index (χ3n) is 2.89. The lowest BCUT2D eigenvalue weighted by atomic mass is 10.1. The zero-order chi connectivity index (χ0) is 15.9. The number of nitrogens with zero attached hydrogens (tertiary/aromatic N) is 3. The van der Waals surface area contributed by atoms with Crippen molar-refractivity contribution in [3.63, 3.8) is 0 Å². The number of methoxy groups -OCH3 is 1. The topological polar surface area (TPSA) is 70.3 Å². The van der Waals surface area contributed by atoms with Crippen LogP contribution in [0.3, 0.4) is 0 Å². The molecule has 1 aromatic heterocycles. The lowest BCUT2D eigenvalue weighted by Gasteiger charge is -2.09. The van der Waals surface area contributed by atoms with Crippen LogP contribution in [-0.2, 0) is 11.3 Å². The fourth-order valence-corrected chi connectivity index (χ4v) is 1.93. The maximum absolute atomic E-state index is 12.8. The molecule has 1 N–H and O–H groups in total. The van der Waals surface area contributed by atoms with E-state index in [0.29, 0.717) is 18.0 Å². The van der Waals surface area contributed by atoms with Gasteiger partial charge in [-0.25, -0.2) is 9.37 Å². The van der Waals surface area contributed by atoms with Crippen LogP contribution in [0.1, 0.15) is 22.4 Å². The van der Waals surface area contributed by atoms with E-state index in [1.165, 1.54) is 18.3 Å². The van der Waals surface area contributed by atoms with Gasteiger partial charge in [-0.05, 0) is 30.7 Å². The zero-order valence-electron chi connectivity index (χ0n) is 12.3. The van der Waals surface area contributed by atoms with E-state index in [0.717, 1.165) is 16.8 Å². The molecule has 112 valence electrons. The highest BCUT2D eigenvalue weighted by atomic mass is 19.1. The first kappa shape index (κ1) is 15.6. The summed E-state index contributed by atoms with van der Waals surface area (Å²) in [7, 11) is 1.57. The van der Waals surface area contributed by atoms with E-state index in [1.54, 1.807) is 25.3 Å². The number of benzene rings is 1. The van der Waals surface area contributed by atoms with Crippen LogP contribution < -0.4 is 5.43 Å². The molecule has 22 heavy (non-hydrogen) atoms. The summed E-state index contributed by atoms with van der Waals surface area (Å²) in [5.74, 6) is 0.0642. The van der Waals surface area contributed by atoms with Gasteiger partial charge in [0.05, 0.1) is 12.8 Å². The van der Waals surface area contributed by atoms with Gasteiger partial charge >= 0.3 is 0 Å². The SMILES string of the molecule is COCc1cc(C)nc(N/N=C\c2ccc(F)cc2)c1C#N. The maximum atomic E-state index is 12.8. The number of nitrogens with one attached hydrogen (secondary N) is 1. The predicted molar refractivity (Wildman–Crippen MR) is 82.0 cm³/mol. The summed E-state index contributed by atoms with van der Waals surface area (Å²) < 4.78 is 17.9. The fourth-order valence-electron chi connectivity index (χ4n) is 1.93. The zero-order valence-corrected chi connectivity index (χ0v) is 12.3. The van der Waals surface area contributed by atoms with Gasteiger partial charge in [-0.2, -0.15) is 10.4 Å². The first-order valence-electron chi connectivity index (χ1n) is 6.58. The van der Waals surface area contributed by atoms with Crippen molar-refractivity contribution in [1.82, 2.24) is 4.98 Å². The van der Waals surface area contributed by atoms with Crippen LogP contribution in [0.25, 0.3) is 0 Å². The van der Waals surface area contributed by atoms with E-state index in [-0.39, 0.29) is 5.82 Å². The van der Waals surface area contributed by atoms with Crippen molar-refractivity contribution in [2.45, 2.75) is 13.5 Å². The van der Waals surface area contributed by atoms with Crippen LogP contribution in [-0.4, -0.2) is 18.3 Å². The number of nitriles is 1. The Morgan fingerprint density at radius 2 is 2.14 bits per heavy atom. The molecule has 2 aromatic rings. The first-order valence-corrected chi connectivity index (χ1v) is 6.58. The quantitative estimate of drug-likeness (QED) is 0.680. The summed E-state index contributed by atoms with van der Waals surface area (Å²) in [5, 5.41) is 13.3. The lowest BCUT2D eigenvalue weighted by molar-refractivity contribution is 0.184. The van der Waals surface area contributed by atoms with Gasteiger partial charge in [0, 0.05) is 18.4 Å². The molecule has 0 spiro atoms. The van der Waals surface area contributed by atoms with E-state index in [1.807, 2.05) is 6.92 Å². The Hall–Kier alpha value is -2.78. The monoisotopic (exact) mass is 298 g/mol. The molecule has 0 aliphatic heterocycles. The molecule has 1 aromatic carbocycles. The van der Waals surface area contributed by atoms with E-state index < -0.39 is 0 Å². The largest absolute Gasteiger partial charge is 0.380 e. The van der Waals surface area contributed by atoms with Crippen molar-refractivity contribution in [2.75, 3.05) is 12.5 Å². The third kappa shape index (κ3) is 3.87. The van der Waals surface area contributed by atoms with E-state index in [9.17, 15) is 9.65 Å². The van der Waals surface area contributed by atoms with Gasteiger partial charge in [-0.3, -0.25) is 5.43 Å². The highest BCUT2D eigenvalue weighted by Crippen LogP contribution is 2.19. The fraction of sp³-hybridized carbons (Fsp3) is 0.188. The minimum atomic E-state index is -0.304. The minimum absolute atomic E-state index is 0.304. The minimum Gasteiger partial charge on any atom is -0.380 e. The Balaban J connectivity index is 2.22. The molecule has 0 aliphatic carbocycles. The predicted octanol–water partition coefficient (Wildman–Crippen LogP) is 2.99.